The Bertz CT molecular complexity index is 803. The number of allylic oxidation sites excluding steroid dienone is 2. The van der Waals surface area contributed by atoms with Crippen molar-refractivity contribution in [1.82, 2.24) is 15.6 Å². The summed E-state index contributed by atoms with van der Waals surface area (Å²) >= 11 is 0. The van der Waals surface area contributed by atoms with Crippen LogP contribution in [0.5, 0.6) is 5.88 Å². The Hall–Kier alpha value is -2.78. The van der Waals surface area contributed by atoms with Gasteiger partial charge in [0.1, 0.15) is 11.5 Å². The highest BCUT2D eigenvalue weighted by Gasteiger charge is 2.27. The number of methoxy groups -OCH3 is 1. The molecule has 0 bridgehead atoms. The molecule has 0 spiro atoms. The maximum Gasteiger partial charge on any atom is 0.267 e. The molecule has 3 rings (SSSR count). The Kier molecular flexibility index (Phi) is 5.82. The fourth-order valence-corrected chi connectivity index (χ4v) is 2.98. The minimum absolute atomic E-state index is 0.0621. The van der Waals surface area contributed by atoms with Gasteiger partial charge in [-0.1, -0.05) is 6.08 Å². The first-order chi connectivity index (χ1) is 13.0. The second-order valence-corrected chi connectivity index (χ2v) is 6.26. The maximum atomic E-state index is 14.5. The van der Waals surface area contributed by atoms with Gasteiger partial charge in [0.2, 0.25) is 5.88 Å². The average Bonchev–Trinajstić information content (AvgIpc) is 2.69. The number of hydrogen-bond donors (Lipinski definition) is 3. The van der Waals surface area contributed by atoms with Crippen molar-refractivity contribution in [1.29, 1.82) is 0 Å². The fraction of sp³-hybridized carbons (Fsp3) is 0.389. The van der Waals surface area contributed by atoms with Gasteiger partial charge in [0, 0.05) is 37.1 Å². The van der Waals surface area contributed by atoms with Gasteiger partial charge < -0.3 is 25.8 Å². The average molecular weight is 376 g/mol. The van der Waals surface area contributed by atoms with Crippen molar-refractivity contribution in [3.63, 3.8) is 0 Å². The van der Waals surface area contributed by atoms with E-state index in [0.717, 1.165) is 6.54 Å². The molecule has 2 amide bonds. The lowest BCUT2D eigenvalue weighted by Crippen LogP contribution is -2.42. The first-order valence-corrected chi connectivity index (χ1v) is 8.54. The summed E-state index contributed by atoms with van der Waals surface area (Å²) in [5.74, 6) is -1.86. The van der Waals surface area contributed by atoms with Crippen LogP contribution in [-0.4, -0.2) is 49.7 Å². The lowest BCUT2D eigenvalue weighted by Gasteiger charge is -2.30. The molecule has 2 heterocycles. The first-order valence-electron chi connectivity index (χ1n) is 8.54. The smallest absolute Gasteiger partial charge is 0.267 e. The number of pyridine rings is 1. The van der Waals surface area contributed by atoms with Gasteiger partial charge in [0.25, 0.3) is 11.8 Å². The molecule has 1 aliphatic heterocycles. The molecule has 1 saturated heterocycles. The Morgan fingerprint density at radius 2 is 2.26 bits per heavy atom. The van der Waals surface area contributed by atoms with E-state index < -0.39 is 17.6 Å². The Morgan fingerprint density at radius 1 is 1.44 bits per heavy atom. The van der Waals surface area contributed by atoms with Crippen molar-refractivity contribution in [2.75, 3.05) is 26.8 Å². The highest BCUT2D eigenvalue weighted by atomic mass is 19.1. The number of aromatic nitrogens is 1. The van der Waals surface area contributed by atoms with E-state index in [1.807, 2.05) is 6.08 Å². The predicted molar refractivity (Wildman–Crippen MR) is 94.8 cm³/mol. The lowest BCUT2D eigenvalue weighted by atomic mass is 9.92. The molecule has 1 aliphatic carbocycles. The summed E-state index contributed by atoms with van der Waals surface area (Å²) in [6.45, 7) is 2.04. The summed E-state index contributed by atoms with van der Waals surface area (Å²) in [4.78, 5) is 27.7. The third-order valence-corrected chi connectivity index (χ3v) is 4.42. The molecule has 4 N–H and O–H groups in total. The Labute approximate surface area is 155 Å². The van der Waals surface area contributed by atoms with Crippen LogP contribution in [0.25, 0.3) is 0 Å². The van der Waals surface area contributed by atoms with Gasteiger partial charge in [-0.25, -0.2) is 9.37 Å². The standard InChI is InChI=1S/C18H21FN4O4/c1-26-16-8-11(7-14(22-16)17(20)24)18(25)23-13-3-2-10(6-12(13)19)15-9-21-4-5-27-15/h2-3,7-8,10,15,21H,4-6,9H2,1H3,(H2,20,24)(H,23,25)/t10?,15-/m1/s1. The number of ether oxygens (including phenoxy) is 2. The Balaban J connectivity index is 1.72. The van der Waals surface area contributed by atoms with Crippen molar-refractivity contribution < 1.29 is 23.5 Å². The third-order valence-electron chi connectivity index (χ3n) is 4.42. The van der Waals surface area contributed by atoms with Crippen LogP contribution in [0.3, 0.4) is 0 Å². The van der Waals surface area contributed by atoms with E-state index >= 15 is 0 Å². The number of nitrogens with two attached hydrogens (primary N) is 1. The molecule has 27 heavy (non-hydrogen) atoms. The monoisotopic (exact) mass is 376 g/mol. The van der Waals surface area contributed by atoms with E-state index in [2.05, 4.69) is 15.6 Å². The third kappa shape index (κ3) is 4.50. The second-order valence-electron chi connectivity index (χ2n) is 6.26. The molecular weight excluding hydrogens is 355 g/mol. The minimum Gasteiger partial charge on any atom is -0.481 e. The van der Waals surface area contributed by atoms with Crippen LogP contribution in [-0.2, 0) is 4.74 Å². The molecule has 1 unspecified atom stereocenters. The molecule has 2 atom stereocenters. The number of nitrogens with one attached hydrogen (secondary N) is 2. The second kappa shape index (κ2) is 8.28. The maximum absolute atomic E-state index is 14.5. The molecule has 1 aromatic rings. The number of nitrogens with zero attached hydrogens (tertiary/aromatic N) is 1. The highest BCUT2D eigenvalue weighted by Crippen LogP contribution is 2.28. The van der Waals surface area contributed by atoms with Crippen molar-refractivity contribution >= 4 is 11.8 Å². The topological polar surface area (TPSA) is 116 Å². The van der Waals surface area contributed by atoms with Gasteiger partial charge in [-0.15, -0.1) is 0 Å². The molecule has 0 radical (unpaired) electrons. The number of morpholine rings is 1. The van der Waals surface area contributed by atoms with Gasteiger partial charge in [-0.05, 0) is 12.1 Å². The largest absolute Gasteiger partial charge is 0.481 e. The number of primary amides is 1. The van der Waals surface area contributed by atoms with E-state index in [1.54, 1.807) is 0 Å². The molecular formula is C18H21FN4O4. The quantitative estimate of drug-likeness (QED) is 0.696. The zero-order valence-electron chi connectivity index (χ0n) is 14.8. The molecule has 0 saturated carbocycles. The summed E-state index contributed by atoms with van der Waals surface area (Å²) in [5, 5.41) is 5.73. The summed E-state index contributed by atoms with van der Waals surface area (Å²) in [5.41, 5.74) is 5.27. The normalized spacial score (nSPS) is 22.4. The number of halogens is 1. The summed E-state index contributed by atoms with van der Waals surface area (Å²) in [7, 11) is 1.35. The van der Waals surface area contributed by atoms with Gasteiger partial charge in [0.15, 0.2) is 0 Å². The molecule has 144 valence electrons. The van der Waals surface area contributed by atoms with Crippen LogP contribution in [0.4, 0.5) is 4.39 Å². The van der Waals surface area contributed by atoms with Crippen LogP contribution in [0.15, 0.2) is 35.8 Å². The van der Waals surface area contributed by atoms with Gasteiger partial charge in [-0.3, -0.25) is 9.59 Å². The minimum atomic E-state index is -0.796. The van der Waals surface area contributed by atoms with Gasteiger partial charge in [-0.2, -0.15) is 0 Å². The van der Waals surface area contributed by atoms with Crippen molar-refractivity contribution in [2.24, 2.45) is 11.7 Å². The Morgan fingerprint density at radius 3 is 2.89 bits per heavy atom. The summed E-state index contributed by atoms with van der Waals surface area (Å²) < 4.78 is 25.1. The van der Waals surface area contributed by atoms with Crippen LogP contribution in [0.1, 0.15) is 27.3 Å². The fourth-order valence-electron chi connectivity index (χ4n) is 2.98. The SMILES string of the molecule is COc1cc(C(=O)NC2=C(F)CC([C@H]3CNCCO3)C=C2)cc(C(N)=O)n1. The molecule has 1 aromatic heterocycles. The zero-order valence-corrected chi connectivity index (χ0v) is 14.8. The van der Waals surface area contributed by atoms with E-state index in [-0.39, 0.29) is 41.3 Å². The van der Waals surface area contributed by atoms with Crippen LogP contribution >= 0.6 is 0 Å². The molecule has 9 heteroatoms. The van der Waals surface area contributed by atoms with E-state index in [1.165, 1.54) is 25.3 Å². The van der Waals surface area contributed by atoms with Crippen molar-refractivity contribution in [2.45, 2.75) is 12.5 Å². The van der Waals surface area contributed by atoms with E-state index in [4.69, 9.17) is 15.2 Å². The summed E-state index contributed by atoms with van der Waals surface area (Å²) in [6, 6.07) is 2.58. The van der Waals surface area contributed by atoms with E-state index in [9.17, 15) is 14.0 Å². The molecule has 0 aromatic carbocycles. The number of hydrogen-bond acceptors (Lipinski definition) is 6. The van der Waals surface area contributed by atoms with Crippen LogP contribution < -0.4 is 21.1 Å². The molecule has 2 aliphatic rings. The lowest BCUT2D eigenvalue weighted by molar-refractivity contribution is 0.00167. The number of carbonyl (C=O) groups excluding carboxylic acids is 2. The molecule has 8 nitrogen and oxygen atoms in total. The van der Waals surface area contributed by atoms with Crippen LogP contribution in [0.2, 0.25) is 0 Å². The predicted octanol–water partition coefficient (Wildman–Crippen LogP) is 0.665. The number of rotatable bonds is 5. The zero-order chi connectivity index (χ0) is 19.4. The number of amides is 2. The first kappa shape index (κ1) is 19.0. The molecule has 1 fully saturated rings. The summed E-state index contributed by atoms with van der Waals surface area (Å²) in [6.07, 6.45) is 3.41. The number of carbonyl (C=O) groups is 2. The highest BCUT2D eigenvalue weighted by molar-refractivity contribution is 5.99. The van der Waals surface area contributed by atoms with Gasteiger partial charge in [0.05, 0.1) is 25.5 Å². The van der Waals surface area contributed by atoms with Crippen LogP contribution in [0, 0.1) is 5.92 Å². The van der Waals surface area contributed by atoms with Crippen molar-refractivity contribution in [3.8, 4) is 5.88 Å². The van der Waals surface area contributed by atoms with Gasteiger partial charge >= 0.3 is 0 Å². The van der Waals surface area contributed by atoms with E-state index in [0.29, 0.717) is 13.2 Å². The van der Waals surface area contributed by atoms with Crippen molar-refractivity contribution in [3.05, 3.63) is 47.1 Å².